The summed E-state index contributed by atoms with van der Waals surface area (Å²) < 4.78 is 23.0. The van der Waals surface area contributed by atoms with E-state index in [1.54, 1.807) is 48.5 Å². The highest BCUT2D eigenvalue weighted by Gasteiger charge is 2.15. The van der Waals surface area contributed by atoms with Gasteiger partial charge in [-0.1, -0.05) is 18.2 Å². The lowest BCUT2D eigenvalue weighted by atomic mass is 10.1. The number of furan rings is 1. The maximum atomic E-state index is 12.6. The maximum absolute atomic E-state index is 12.6. The zero-order valence-electron chi connectivity index (χ0n) is 22.2. The Kier molecular flexibility index (Phi) is 9.14. The molecule has 0 saturated carbocycles. The van der Waals surface area contributed by atoms with Crippen LogP contribution in [0.4, 0.5) is 5.69 Å². The minimum atomic E-state index is -0.501. The fourth-order valence-corrected chi connectivity index (χ4v) is 4.02. The third kappa shape index (κ3) is 6.84. The van der Waals surface area contributed by atoms with Crippen LogP contribution in [0.2, 0.25) is 0 Å². The van der Waals surface area contributed by atoms with E-state index in [0.29, 0.717) is 53.6 Å². The van der Waals surface area contributed by atoms with E-state index in [-0.39, 0.29) is 18.1 Å². The number of fused-ring (bicyclic) bond motifs is 1. The highest BCUT2D eigenvalue weighted by atomic mass is 16.6. The molecule has 3 aromatic carbocycles. The molecule has 1 aromatic heterocycles. The number of carbonyl (C=O) groups excluding carboxylic acids is 1. The maximum Gasteiger partial charge on any atom is 0.307 e. The van der Waals surface area contributed by atoms with Crippen molar-refractivity contribution < 1.29 is 28.3 Å². The number of ether oxygens (including phenoxy) is 3. The number of nitro benzene ring substituents is 1. The molecule has 0 unspecified atom stereocenters. The number of allylic oxidation sites excluding steroid dienone is 1. The molecule has 0 aliphatic heterocycles. The molecule has 0 aliphatic rings. The van der Waals surface area contributed by atoms with Gasteiger partial charge in [0.25, 0.3) is 5.69 Å². The monoisotopic (exact) mass is 543 g/mol. The van der Waals surface area contributed by atoms with E-state index in [1.165, 1.54) is 18.3 Å². The standard InChI is InChI=1S/C30H29N3O7/c1-4-8-22-13-21(15-27(38-6-3)29(22)39-19-20-9-7-10-24(14-20)33(35)36)18-31-32-30(34)28-17-23-16-25(37-5-2)11-12-26(23)40-28/h4,7,9-18H,1,5-6,8,19H2,2-3H3,(H,32,34)/b31-18+. The average Bonchev–Trinajstić information content (AvgIpc) is 3.37. The zero-order chi connectivity index (χ0) is 28.5. The first-order chi connectivity index (χ1) is 19.4. The van der Waals surface area contributed by atoms with Crippen molar-refractivity contribution in [2.45, 2.75) is 26.9 Å². The Morgan fingerprint density at radius 3 is 2.65 bits per heavy atom. The molecule has 0 fully saturated rings. The predicted molar refractivity (Wildman–Crippen MR) is 151 cm³/mol. The lowest BCUT2D eigenvalue weighted by Crippen LogP contribution is -2.16. The second-order valence-corrected chi connectivity index (χ2v) is 8.59. The van der Waals surface area contributed by atoms with Crippen LogP contribution in [-0.4, -0.2) is 30.3 Å². The van der Waals surface area contributed by atoms with Crippen LogP contribution in [0.1, 0.15) is 41.1 Å². The number of rotatable bonds is 13. The summed E-state index contributed by atoms with van der Waals surface area (Å²) in [5.74, 6) is 1.29. The van der Waals surface area contributed by atoms with Crippen LogP contribution in [0.25, 0.3) is 11.0 Å². The van der Waals surface area contributed by atoms with Crippen molar-refractivity contribution in [3.63, 3.8) is 0 Å². The normalized spacial score (nSPS) is 10.9. The van der Waals surface area contributed by atoms with Gasteiger partial charge >= 0.3 is 5.91 Å². The van der Waals surface area contributed by atoms with Gasteiger partial charge in [-0.2, -0.15) is 5.10 Å². The molecule has 1 amide bonds. The number of hydrogen-bond donors (Lipinski definition) is 1. The molecule has 206 valence electrons. The van der Waals surface area contributed by atoms with Gasteiger partial charge in [-0.05, 0) is 67.8 Å². The molecular formula is C30H29N3O7. The zero-order valence-corrected chi connectivity index (χ0v) is 22.2. The first-order valence-corrected chi connectivity index (χ1v) is 12.7. The van der Waals surface area contributed by atoms with Crippen molar-refractivity contribution in [3.05, 3.63) is 106 Å². The molecule has 4 rings (SSSR count). The van der Waals surface area contributed by atoms with Crippen molar-refractivity contribution >= 4 is 28.8 Å². The number of amides is 1. The highest BCUT2D eigenvalue weighted by molar-refractivity contribution is 5.96. The summed E-state index contributed by atoms with van der Waals surface area (Å²) in [6.45, 7) is 8.60. The van der Waals surface area contributed by atoms with E-state index in [0.717, 1.165) is 10.9 Å². The lowest BCUT2D eigenvalue weighted by molar-refractivity contribution is -0.384. The van der Waals surface area contributed by atoms with Crippen molar-refractivity contribution in [1.29, 1.82) is 0 Å². The summed E-state index contributed by atoms with van der Waals surface area (Å²) in [5.41, 5.74) is 5.13. The van der Waals surface area contributed by atoms with Gasteiger partial charge in [0.05, 0.1) is 24.4 Å². The summed E-state index contributed by atoms with van der Waals surface area (Å²) in [6, 6.07) is 16.8. The summed E-state index contributed by atoms with van der Waals surface area (Å²) in [7, 11) is 0. The fraction of sp³-hybridized carbons (Fsp3) is 0.200. The molecule has 0 bridgehead atoms. The van der Waals surface area contributed by atoms with Crippen LogP contribution in [0.15, 0.2) is 82.8 Å². The lowest BCUT2D eigenvalue weighted by Gasteiger charge is -2.16. The summed E-state index contributed by atoms with van der Waals surface area (Å²) in [6.07, 6.45) is 3.70. The van der Waals surface area contributed by atoms with Gasteiger partial charge in [0.1, 0.15) is 17.9 Å². The van der Waals surface area contributed by atoms with Gasteiger partial charge in [-0.25, -0.2) is 5.43 Å². The summed E-state index contributed by atoms with van der Waals surface area (Å²) in [5, 5.41) is 16.0. The second kappa shape index (κ2) is 13.1. The first kappa shape index (κ1) is 27.9. The van der Waals surface area contributed by atoms with Crippen LogP contribution in [0, 0.1) is 10.1 Å². The molecule has 4 aromatic rings. The van der Waals surface area contributed by atoms with E-state index < -0.39 is 10.8 Å². The SMILES string of the molecule is C=CCc1cc(/C=N/NC(=O)c2cc3cc(OCC)ccc3o2)cc(OCC)c1OCc1cccc([N+](=O)[O-])c1. The average molecular weight is 544 g/mol. The molecule has 0 radical (unpaired) electrons. The van der Waals surface area contributed by atoms with Gasteiger partial charge in [-0.3, -0.25) is 14.9 Å². The number of hydrogen-bond acceptors (Lipinski definition) is 8. The number of nitrogens with one attached hydrogen (secondary N) is 1. The quantitative estimate of drug-likeness (QED) is 0.0919. The molecule has 40 heavy (non-hydrogen) atoms. The summed E-state index contributed by atoms with van der Waals surface area (Å²) >= 11 is 0. The molecule has 10 heteroatoms. The smallest absolute Gasteiger partial charge is 0.307 e. The molecule has 0 aliphatic carbocycles. The van der Waals surface area contributed by atoms with Crippen molar-refractivity contribution in [2.75, 3.05) is 13.2 Å². The number of nitro groups is 1. The number of benzene rings is 3. The molecule has 0 spiro atoms. The Balaban J connectivity index is 1.51. The van der Waals surface area contributed by atoms with Crippen LogP contribution in [0.5, 0.6) is 17.2 Å². The molecule has 0 atom stereocenters. The van der Waals surface area contributed by atoms with E-state index >= 15 is 0 Å². The third-order valence-corrected chi connectivity index (χ3v) is 5.73. The van der Waals surface area contributed by atoms with Gasteiger partial charge in [0.15, 0.2) is 17.3 Å². The second-order valence-electron chi connectivity index (χ2n) is 8.59. The van der Waals surface area contributed by atoms with Gasteiger partial charge in [0.2, 0.25) is 0 Å². The Morgan fingerprint density at radius 2 is 1.90 bits per heavy atom. The molecule has 10 nitrogen and oxygen atoms in total. The van der Waals surface area contributed by atoms with E-state index in [1.807, 2.05) is 19.9 Å². The van der Waals surface area contributed by atoms with Crippen LogP contribution in [0.3, 0.4) is 0 Å². The minimum Gasteiger partial charge on any atom is -0.494 e. The summed E-state index contributed by atoms with van der Waals surface area (Å²) in [4.78, 5) is 23.3. The number of carbonyl (C=O) groups is 1. The van der Waals surface area contributed by atoms with Crippen LogP contribution >= 0.6 is 0 Å². The van der Waals surface area contributed by atoms with Gasteiger partial charge in [-0.15, -0.1) is 6.58 Å². The van der Waals surface area contributed by atoms with Gasteiger partial charge in [0, 0.05) is 23.1 Å². The van der Waals surface area contributed by atoms with E-state index in [4.69, 9.17) is 18.6 Å². The Morgan fingerprint density at radius 1 is 1.07 bits per heavy atom. The molecule has 1 heterocycles. The predicted octanol–water partition coefficient (Wildman–Crippen LogP) is 6.21. The number of nitrogens with zero attached hydrogens (tertiary/aromatic N) is 2. The van der Waals surface area contributed by atoms with Crippen LogP contribution < -0.4 is 19.6 Å². The molecule has 0 saturated heterocycles. The number of non-ortho nitro benzene ring substituents is 1. The van der Waals surface area contributed by atoms with Gasteiger partial charge < -0.3 is 18.6 Å². The van der Waals surface area contributed by atoms with E-state index in [2.05, 4.69) is 17.1 Å². The first-order valence-electron chi connectivity index (χ1n) is 12.7. The van der Waals surface area contributed by atoms with E-state index in [9.17, 15) is 14.9 Å². The van der Waals surface area contributed by atoms with Crippen molar-refractivity contribution in [1.82, 2.24) is 5.43 Å². The van der Waals surface area contributed by atoms with Crippen LogP contribution in [-0.2, 0) is 13.0 Å². The van der Waals surface area contributed by atoms with Crippen molar-refractivity contribution in [2.24, 2.45) is 5.10 Å². The highest BCUT2D eigenvalue weighted by Crippen LogP contribution is 2.34. The largest absolute Gasteiger partial charge is 0.494 e. The third-order valence-electron chi connectivity index (χ3n) is 5.73. The number of hydrazone groups is 1. The molecular weight excluding hydrogens is 514 g/mol. The topological polar surface area (TPSA) is 125 Å². The van der Waals surface area contributed by atoms with Crippen molar-refractivity contribution in [3.8, 4) is 17.2 Å². The molecule has 1 N–H and O–H groups in total. The fourth-order valence-electron chi connectivity index (χ4n) is 4.02. The Labute approximate surface area is 231 Å². The minimum absolute atomic E-state index is 0.0102. The Hall–Kier alpha value is -5.12. The Bertz CT molecular complexity index is 1560.